The Hall–Kier alpha value is -1.22. The second-order valence-corrected chi connectivity index (χ2v) is 5.26. The van der Waals surface area contributed by atoms with Crippen LogP contribution in [-0.4, -0.2) is 53.2 Å². The summed E-state index contributed by atoms with van der Waals surface area (Å²) in [4.78, 5) is 23.5. The molecule has 0 unspecified atom stereocenters. The molecule has 0 saturated carbocycles. The lowest BCUT2D eigenvalue weighted by Gasteiger charge is -2.21. The summed E-state index contributed by atoms with van der Waals surface area (Å²) in [6.07, 6.45) is 0. The molecule has 0 aliphatic rings. The Morgan fingerprint density at radius 2 is 2.05 bits per heavy atom. The Morgan fingerprint density at radius 1 is 1.36 bits per heavy atom. The molecule has 0 aliphatic heterocycles. The molecule has 0 fully saturated rings. The number of carbonyl (C=O) groups is 2. The van der Waals surface area contributed by atoms with Gasteiger partial charge in [0, 0.05) is 23.1 Å². The van der Waals surface area contributed by atoms with Crippen LogP contribution < -0.4 is 5.32 Å². The quantitative estimate of drug-likeness (QED) is 0.607. The smallest absolute Gasteiger partial charge is 0.322 e. The Labute approximate surface area is 141 Å². The van der Waals surface area contributed by atoms with Crippen molar-refractivity contribution in [1.82, 2.24) is 10.2 Å². The highest BCUT2D eigenvalue weighted by Crippen LogP contribution is 2.17. The van der Waals surface area contributed by atoms with Gasteiger partial charge in [0.1, 0.15) is 12.4 Å². The number of carboxylic acids is 1. The van der Waals surface area contributed by atoms with Crippen molar-refractivity contribution in [3.63, 3.8) is 0 Å². The molecule has 1 rings (SSSR count). The third kappa shape index (κ3) is 7.69. The largest absolute Gasteiger partial charge is 0.480 e. The summed E-state index contributed by atoms with van der Waals surface area (Å²) in [6, 6.07) is 4.46. The number of amides is 1. The zero-order chi connectivity index (χ0) is 15.8. The summed E-state index contributed by atoms with van der Waals surface area (Å²) < 4.78 is 14.4. The number of nitrogens with one attached hydrogen (secondary N) is 1. The van der Waals surface area contributed by atoms with Crippen LogP contribution in [0.25, 0.3) is 0 Å². The molecule has 0 radical (unpaired) electrons. The molecule has 0 spiro atoms. The number of hydrogen-bond donors (Lipinski definition) is 3. The molecule has 0 atom stereocenters. The fourth-order valence-electron chi connectivity index (χ4n) is 1.69. The van der Waals surface area contributed by atoms with E-state index in [0.717, 1.165) is 0 Å². The van der Waals surface area contributed by atoms with Crippen LogP contribution >= 0.6 is 28.3 Å². The van der Waals surface area contributed by atoms with Crippen molar-refractivity contribution in [3.8, 4) is 0 Å². The van der Waals surface area contributed by atoms with Gasteiger partial charge in [0.25, 0.3) is 0 Å². The predicted octanol–water partition coefficient (Wildman–Crippen LogP) is 1.01. The Balaban J connectivity index is 0.00000441. The molecule has 1 aromatic carbocycles. The second-order valence-electron chi connectivity index (χ2n) is 4.34. The molecular weight excluding hydrogens is 383 g/mol. The van der Waals surface area contributed by atoms with Crippen LogP contribution in [0, 0.1) is 5.82 Å². The average molecular weight is 400 g/mol. The predicted molar refractivity (Wildman–Crippen MR) is 84.4 cm³/mol. The van der Waals surface area contributed by atoms with Crippen LogP contribution in [0.1, 0.15) is 5.56 Å². The van der Waals surface area contributed by atoms with Gasteiger partial charge in [-0.1, -0.05) is 15.9 Å². The average Bonchev–Trinajstić information content (AvgIpc) is 2.41. The third-order valence-electron chi connectivity index (χ3n) is 2.62. The van der Waals surface area contributed by atoms with Gasteiger partial charge < -0.3 is 15.5 Å². The van der Waals surface area contributed by atoms with Crippen molar-refractivity contribution >= 4 is 40.2 Å². The molecule has 6 nitrogen and oxygen atoms in total. The van der Waals surface area contributed by atoms with Crippen LogP contribution in [-0.2, 0) is 16.1 Å². The maximum Gasteiger partial charge on any atom is 0.322 e. The molecule has 0 saturated heterocycles. The minimum absolute atomic E-state index is 0. The number of aliphatic carboxylic acids is 1. The van der Waals surface area contributed by atoms with Gasteiger partial charge in [0.15, 0.2) is 0 Å². The molecule has 1 aromatic rings. The van der Waals surface area contributed by atoms with Crippen molar-refractivity contribution < 1.29 is 24.2 Å². The lowest BCUT2D eigenvalue weighted by molar-refractivity contribution is -0.138. The van der Waals surface area contributed by atoms with Crippen LogP contribution in [0.4, 0.5) is 4.39 Å². The van der Waals surface area contributed by atoms with Crippen LogP contribution in [0.5, 0.6) is 0 Å². The molecule has 1 amide bonds. The van der Waals surface area contributed by atoms with Crippen molar-refractivity contribution in [2.24, 2.45) is 0 Å². The van der Waals surface area contributed by atoms with Gasteiger partial charge in [-0.25, -0.2) is 4.39 Å². The fourth-order valence-corrected chi connectivity index (χ4v) is 2.10. The molecule has 0 heterocycles. The number of rotatable bonds is 8. The molecule has 0 aliphatic carbocycles. The summed E-state index contributed by atoms with van der Waals surface area (Å²) in [7, 11) is 0. The van der Waals surface area contributed by atoms with Crippen molar-refractivity contribution in [3.05, 3.63) is 34.1 Å². The van der Waals surface area contributed by atoms with Gasteiger partial charge in [0.05, 0.1) is 13.2 Å². The highest BCUT2D eigenvalue weighted by molar-refractivity contribution is 9.10. The lowest BCUT2D eigenvalue weighted by Crippen LogP contribution is -2.40. The topological polar surface area (TPSA) is 89.9 Å². The number of benzene rings is 1. The molecule has 22 heavy (non-hydrogen) atoms. The van der Waals surface area contributed by atoms with E-state index in [9.17, 15) is 14.0 Å². The van der Waals surface area contributed by atoms with E-state index in [0.29, 0.717) is 10.0 Å². The standard InChI is InChI=1S/C13H16BrFN2O4.ClH/c14-10-1-2-11(15)9(5-10)7-17(3-4-18)8-12(19)16-6-13(20)21;/h1-2,5,18H,3-4,6-8H2,(H,16,19)(H,20,21);1H. The van der Waals surface area contributed by atoms with Gasteiger partial charge >= 0.3 is 5.97 Å². The molecule has 0 bridgehead atoms. The van der Waals surface area contributed by atoms with E-state index in [4.69, 9.17) is 10.2 Å². The Morgan fingerprint density at radius 3 is 2.64 bits per heavy atom. The first-order chi connectivity index (χ1) is 9.92. The minimum atomic E-state index is -1.14. The number of carbonyl (C=O) groups excluding carboxylic acids is 1. The Kier molecular flexibility index (Phi) is 9.91. The van der Waals surface area contributed by atoms with Crippen molar-refractivity contribution in [2.45, 2.75) is 6.54 Å². The van der Waals surface area contributed by atoms with E-state index in [1.54, 1.807) is 12.1 Å². The summed E-state index contributed by atoms with van der Waals surface area (Å²) in [6.45, 7) is -0.489. The summed E-state index contributed by atoms with van der Waals surface area (Å²) >= 11 is 3.24. The molecule has 0 aromatic heterocycles. The van der Waals surface area contributed by atoms with Gasteiger partial charge in [-0.05, 0) is 18.2 Å². The number of carboxylic acid groups (broad SMARTS) is 1. The van der Waals surface area contributed by atoms with Crippen LogP contribution in [0.2, 0.25) is 0 Å². The first kappa shape index (κ1) is 20.8. The lowest BCUT2D eigenvalue weighted by atomic mass is 10.2. The summed E-state index contributed by atoms with van der Waals surface area (Å²) in [5.41, 5.74) is 0.379. The normalized spacial score (nSPS) is 10.2. The maximum atomic E-state index is 13.7. The zero-order valence-corrected chi connectivity index (χ0v) is 14.0. The second kappa shape index (κ2) is 10.5. The van der Waals surface area contributed by atoms with E-state index in [2.05, 4.69) is 21.2 Å². The number of aliphatic hydroxyl groups excluding tert-OH is 1. The van der Waals surface area contributed by atoms with E-state index in [-0.39, 0.29) is 38.6 Å². The monoisotopic (exact) mass is 398 g/mol. The van der Waals surface area contributed by atoms with Crippen LogP contribution in [0.3, 0.4) is 0 Å². The first-order valence-electron chi connectivity index (χ1n) is 6.18. The van der Waals surface area contributed by atoms with Gasteiger partial charge in [-0.2, -0.15) is 0 Å². The first-order valence-corrected chi connectivity index (χ1v) is 6.97. The highest BCUT2D eigenvalue weighted by Gasteiger charge is 2.14. The van der Waals surface area contributed by atoms with Gasteiger partial charge in [-0.3, -0.25) is 14.5 Å². The zero-order valence-electron chi connectivity index (χ0n) is 11.6. The minimum Gasteiger partial charge on any atom is -0.480 e. The molecular formula is C13H17BrClFN2O4. The number of aliphatic hydroxyl groups is 1. The maximum absolute atomic E-state index is 13.7. The summed E-state index contributed by atoms with van der Waals surface area (Å²) in [5.74, 6) is -2.05. The number of hydrogen-bond acceptors (Lipinski definition) is 4. The van der Waals surface area contributed by atoms with Gasteiger partial charge in [-0.15, -0.1) is 12.4 Å². The molecule has 3 N–H and O–H groups in total. The number of halogens is 3. The fraction of sp³-hybridized carbons (Fsp3) is 0.385. The summed E-state index contributed by atoms with van der Waals surface area (Å²) in [5, 5.41) is 19.7. The van der Waals surface area contributed by atoms with E-state index in [1.807, 2.05) is 0 Å². The van der Waals surface area contributed by atoms with E-state index >= 15 is 0 Å². The van der Waals surface area contributed by atoms with Crippen LogP contribution in [0.15, 0.2) is 22.7 Å². The van der Waals surface area contributed by atoms with E-state index < -0.39 is 24.2 Å². The van der Waals surface area contributed by atoms with Crippen molar-refractivity contribution in [2.75, 3.05) is 26.2 Å². The SMILES string of the molecule is Cl.O=C(O)CNC(=O)CN(CCO)Cc1cc(Br)ccc1F. The Bertz CT molecular complexity index is 519. The molecule has 124 valence electrons. The van der Waals surface area contributed by atoms with Crippen molar-refractivity contribution in [1.29, 1.82) is 0 Å². The van der Waals surface area contributed by atoms with E-state index in [1.165, 1.54) is 11.0 Å². The third-order valence-corrected chi connectivity index (χ3v) is 3.12. The molecule has 9 heteroatoms. The van der Waals surface area contributed by atoms with Gasteiger partial charge in [0.2, 0.25) is 5.91 Å². The number of nitrogens with zero attached hydrogens (tertiary/aromatic N) is 1. The highest BCUT2D eigenvalue weighted by atomic mass is 79.9.